The lowest BCUT2D eigenvalue weighted by molar-refractivity contribution is -0.187. The fraction of sp³-hybridized carbons (Fsp3) is 0.857. The SMILES string of the molecule is CC(C)NC(=O)C(C)(N)C(F)(F)F. The van der Waals surface area contributed by atoms with E-state index in [9.17, 15) is 18.0 Å². The number of carbonyl (C=O) groups is 1. The zero-order valence-corrected chi connectivity index (χ0v) is 7.70. The Balaban J connectivity index is 4.56. The molecule has 1 unspecified atom stereocenters. The number of hydrogen-bond donors (Lipinski definition) is 2. The van der Waals surface area contributed by atoms with Gasteiger partial charge < -0.3 is 11.1 Å². The molecule has 0 saturated heterocycles. The summed E-state index contributed by atoms with van der Waals surface area (Å²) < 4.78 is 36.4. The monoisotopic (exact) mass is 198 g/mol. The van der Waals surface area contributed by atoms with Crippen LogP contribution in [0.2, 0.25) is 0 Å². The van der Waals surface area contributed by atoms with Gasteiger partial charge in [-0.05, 0) is 20.8 Å². The van der Waals surface area contributed by atoms with Gasteiger partial charge in [-0.15, -0.1) is 0 Å². The summed E-state index contributed by atoms with van der Waals surface area (Å²) in [5.41, 5.74) is 2.03. The highest BCUT2D eigenvalue weighted by Crippen LogP contribution is 2.27. The van der Waals surface area contributed by atoms with E-state index in [4.69, 9.17) is 5.73 Å². The lowest BCUT2D eigenvalue weighted by Crippen LogP contribution is -2.62. The first-order chi connectivity index (χ1) is 5.59. The molecule has 0 aliphatic heterocycles. The minimum Gasteiger partial charge on any atom is -0.352 e. The second-order valence-corrected chi connectivity index (χ2v) is 3.33. The summed E-state index contributed by atoms with van der Waals surface area (Å²) in [6.45, 7) is 3.76. The lowest BCUT2D eigenvalue weighted by Gasteiger charge is -2.27. The Morgan fingerprint density at radius 1 is 1.38 bits per heavy atom. The van der Waals surface area contributed by atoms with E-state index in [2.05, 4.69) is 5.32 Å². The average Bonchev–Trinajstić information content (AvgIpc) is 1.82. The standard InChI is InChI=1S/C7H13F3N2O/c1-4(2)12-5(13)6(3,11)7(8,9)10/h4H,11H2,1-3H3,(H,12,13). The van der Waals surface area contributed by atoms with Crippen LogP contribution in [-0.2, 0) is 4.79 Å². The highest BCUT2D eigenvalue weighted by molar-refractivity contribution is 5.86. The third-order valence-corrected chi connectivity index (χ3v) is 1.48. The Morgan fingerprint density at radius 3 is 2.00 bits per heavy atom. The molecule has 13 heavy (non-hydrogen) atoms. The van der Waals surface area contributed by atoms with Gasteiger partial charge in [0.15, 0.2) is 5.54 Å². The summed E-state index contributed by atoms with van der Waals surface area (Å²) in [7, 11) is 0. The van der Waals surface area contributed by atoms with Crippen molar-refractivity contribution in [1.29, 1.82) is 0 Å². The van der Waals surface area contributed by atoms with Crippen molar-refractivity contribution >= 4 is 5.91 Å². The molecule has 0 saturated carbocycles. The van der Waals surface area contributed by atoms with Gasteiger partial charge in [0.25, 0.3) is 0 Å². The molecule has 0 radical (unpaired) electrons. The Labute approximate surface area is 74.5 Å². The molecule has 1 atom stereocenters. The van der Waals surface area contributed by atoms with Crippen molar-refractivity contribution in [2.45, 2.75) is 38.5 Å². The van der Waals surface area contributed by atoms with Crippen molar-refractivity contribution in [2.75, 3.05) is 0 Å². The second kappa shape index (κ2) is 3.53. The first kappa shape index (κ1) is 12.2. The number of rotatable bonds is 2. The zero-order valence-electron chi connectivity index (χ0n) is 7.70. The van der Waals surface area contributed by atoms with Crippen molar-refractivity contribution in [1.82, 2.24) is 5.32 Å². The third-order valence-electron chi connectivity index (χ3n) is 1.48. The predicted molar refractivity (Wildman–Crippen MR) is 41.9 cm³/mol. The van der Waals surface area contributed by atoms with E-state index in [0.29, 0.717) is 6.92 Å². The van der Waals surface area contributed by atoms with Crippen LogP contribution in [0.3, 0.4) is 0 Å². The number of alkyl halides is 3. The quantitative estimate of drug-likeness (QED) is 0.689. The van der Waals surface area contributed by atoms with E-state index < -0.39 is 17.6 Å². The van der Waals surface area contributed by atoms with Crippen LogP contribution in [0.15, 0.2) is 0 Å². The maximum atomic E-state index is 12.1. The second-order valence-electron chi connectivity index (χ2n) is 3.33. The number of hydrogen-bond acceptors (Lipinski definition) is 2. The Morgan fingerprint density at radius 2 is 1.77 bits per heavy atom. The molecule has 0 aliphatic rings. The molecule has 3 nitrogen and oxygen atoms in total. The number of carbonyl (C=O) groups excluding carboxylic acids is 1. The van der Waals surface area contributed by atoms with E-state index in [1.54, 1.807) is 13.8 Å². The predicted octanol–water partition coefficient (Wildman–Crippen LogP) is 0.791. The van der Waals surface area contributed by atoms with Gasteiger partial charge in [0.1, 0.15) is 0 Å². The highest BCUT2D eigenvalue weighted by Gasteiger charge is 2.53. The molecule has 0 heterocycles. The molecule has 0 bridgehead atoms. The maximum absolute atomic E-state index is 12.1. The molecule has 6 heteroatoms. The van der Waals surface area contributed by atoms with Crippen LogP contribution in [0.5, 0.6) is 0 Å². The molecular weight excluding hydrogens is 185 g/mol. The van der Waals surface area contributed by atoms with Gasteiger partial charge in [-0.1, -0.05) is 0 Å². The molecule has 78 valence electrons. The molecule has 1 amide bonds. The molecule has 0 fully saturated rings. The van der Waals surface area contributed by atoms with Crippen molar-refractivity contribution in [2.24, 2.45) is 5.73 Å². The average molecular weight is 198 g/mol. The van der Waals surface area contributed by atoms with Crippen LogP contribution in [0.4, 0.5) is 13.2 Å². The minimum absolute atomic E-state index is 0.363. The van der Waals surface area contributed by atoms with Gasteiger partial charge in [0.2, 0.25) is 5.91 Å². The molecule has 0 aromatic heterocycles. The largest absolute Gasteiger partial charge is 0.415 e. The van der Waals surface area contributed by atoms with Crippen molar-refractivity contribution in [3.05, 3.63) is 0 Å². The summed E-state index contributed by atoms with van der Waals surface area (Å²) in [5.74, 6) is -1.21. The summed E-state index contributed by atoms with van der Waals surface area (Å²) in [6.07, 6.45) is -4.73. The Bertz CT molecular complexity index is 198. The molecule has 0 aliphatic carbocycles. The zero-order chi connectivity index (χ0) is 10.9. The summed E-state index contributed by atoms with van der Waals surface area (Å²) in [6, 6.07) is -0.363. The number of amides is 1. The minimum atomic E-state index is -4.73. The van der Waals surface area contributed by atoms with Gasteiger partial charge in [-0.25, -0.2) is 0 Å². The fourth-order valence-corrected chi connectivity index (χ4v) is 0.541. The first-order valence-corrected chi connectivity index (χ1v) is 3.75. The van der Waals surface area contributed by atoms with Crippen molar-refractivity contribution in [3.8, 4) is 0 Å². The molecule has 3 N–H and O–H groups in total. The van der Waals surface area contributed by atoms with Crippen LogP contribution in [0.1, 0.15) is 20.8 Å². The third kappa shape index (κ3) is 2.87. The van der Waals surface area contributed by atoms with Crippen LogP contribution < -0.4 is 11.1 Å². The molecule has 0 spiro atoms. The molecular formula is C7H13F3N2O. The fourth-order valence-electron chi connectivity index (χ4n) is 0.541. The summed E-state index contributed by atoms with van der Waals surface area (Å²) in [4.78, 5) is 11.0. The normalized spacial score (nSPS) is 16.9. The van der Waals surface area contributed by atoms with E-state index in [-0.39, 0.29) is 6.04 Å². The molecule has 0 rings (SSSR count). The van der Waals surface area contributed by atoms with Crippen LogP contribution in [-0.4, -0.2) is 23.7 Å². The lowest BCUT2D eigenvalue weighted by atomic mass is 10.0. The Hall–Kier alpha value is -0.780. The number of nitrogens with two attached hydrogens (primary N) is 1. The van der Waals surface area contributed by atoms with Gasteiger partial charge in [-0.2, -0.15) is 13.2 Å². The first-order valence-electron chi connectivity index (χ1n) is 3.75. The topological polar surface area (TPSA) is 55.1 Å². The van der Waals surface area contributed by atoms with Crippen LogP contribution >= 0.6 is 0 Å². The number of nitrogens with one attached hydrogen (secondary N) is 1. The molecule has 0 aromatic rings. The van der Waals surface area contributed by atoms with E-state index in [0.717, 1.165) is 0 Å². The summed E-state index contributed by atoms with van der Waals surface area (Å²) in [5, 5.41) is 2.11. The summed E-state index contributed by atoms with van der Waals surface area (Å²) >= 11 is 0. The van der Waals surface area contributed by atoms with Gasteiger partial charge in [0.05, 0.1) is 0 Å². The van der Waals surface area contributed by atoms with Gasteiger partial charge in [-0.3, -0.25) is 4.79 Å². The van der Waals surface area contributed by atoms with Crippen LogP contribution in [0, 0.1) is 0 Å². The van der Waals surface area contributed by atoms with Gasteiger partial charge >= 0.3 is 6.18 Å². The molecule has 0 aromatic carbocycles. The van der Waals surface area contributed by atoms with E-state index in [1.165, 1.54) is 0 Å². The highest BCUT2D eigenvalue weighted by atomic mass is 19.4. The van der Waals surface area contributed by atoms with Gasteiger partial charge in [0, 0.05) is 6.04 Å². The van der Waals surface area contributed by atoms with Crippen LogP contribution in [0.25, 0.3) is 0 Å². The smallest absolute Gasteiger partial charge is 0.352 e. The number of halogens is 3. The van der Waals surface area contributed by atoms with E-state index in [1.807, 2.05) is 0 Å². The van der Waals surface area contributed by atoms with Crippen molar-refractivity contribution < 1.29 is 18.0 Å². The Kier molecular flexibility index (Phi) is 3.32. The maximum Gasteiger partial charge on any atom is 0.415 e. The van der Waals surface area contributed by atoms with Crippen molar-refractivity contribution in [3.63, 3.8) is 0 Å². The van der Waals surface area contributed by atoms with E-state index >= 15 is 0 Å².